The molecular weight excluding hydrogens is 248 g/mol. The van der Waals surface area contributed by atoms with Crippen molar-refractivity contribution < 1.29 is 5.11 Å². The molecule has 94 valence electrons. The summed E-state index contributed by atoms with van der Waals surface area (Å²) in [5, 5.41) is 13.2. The van der Waals surface area contributed by atoms with E-state index < -0.39 is 0 Å². The van der Waals surface area contributed by atoms with Crippen molar-refractivity contribution in [1.82, 2.24) is 10.3 Å². The predicted molar refractivity (Wildman–Crippen MR) is 72.6 cm³/mol. The van der Waals surface area contributed by atoms with Crippen molar-refractivity contribution in [2.45, 2.75) is 19.5 Å². The van der Waals surface area contributed by atoms with Crippen molar-refractivity contribution in [2.24, 2.45) is 0 Å². The van der Waals surface area contributed by atoms with Gasteiger partial charge in [-0.15, -0.1) is 0 Å². The number of hydrogen-bond acceptors (Lipinski definition) is 3. The molecule has 0 aliphatic rings. The van der Waals surface area contributed by atoms with Crippen LogP contribution in [-0.2, 0) is 6.54 Å². The Labute approximate surface area is 111 Å². The maximum absolute atomic E-state index is 9.15. The number of aromatic nitrogens is 1. The molecule has 0 saturated heterocycles. The van der Waals surface area contributed by atoms with Gasteiger partial charge in [-0.1, -0.05) is 23.7 Å². The number of hydrogen-bond donors (Lipinski definition) is 2. The molecule has 0 saturated carbocycles. The molecular formula is C14H15ClN2O. The molecule has 1 atom stereocenters. The monoisotopic (exact) mass is 262 g/mol. The van der Waals surface area contributed by atoms with Crippen LogP contribution in [0.25, 0.3) is 0 Å². The van der Waals surface area contributed by atoms with Gasteiger partial charge in [0.05, 0.1) is 11.9 Å². The molecule has 2 rings (SSSR count). The molecule has 1 aromatic heterocycles. The van der Waals surface area contributed by atoms with E-state index in [1.54, 1.807) is 12.1 Å². The SMILES string of the molecule is CC(NCc1ccc(O)cn1)c1cccc(Cl)c1. The van der Waals surface area contributed by atoms with Gasteiger partial charge in [0, 0.05) is 17.6 Å². The molecule has 3 nitrogen and oxygen atoms in total. The summed E-state index contributed by atoms with van der Waals surface area (Å²) in [6.07, 6.45) is 1.45. The summed E-state index contributed by atoms with van der Waals surface area (Å²) in [6.45, 7) is 2.72. The Morgan fingerprint density at radius 2 is 2.17 bits per heavy atom. The molecule has 2 aromatic rings. The Bertz CT molecular complexity index is 513. The number of benzene rings is 1. The van der Waals surface area contributed by atoms with Crippen molar-refractivity contribution in [3.63, 3.8) is 0 Å². The van der Waals surface area contributed by atoms with E-state index in [2.05, 4.69) is 17.2 Å². The number of halogens is 1. The summed E-state index contributed by atoms with van der Waals surface area (Å²) >= 11 is 5.96. The van der Waals surface area contributed by atoms with Gasteiger partial charge < -0.3 is 10.4 Å². The number of pyridine rings is 1. The first kappa shape index (κ1) is 12.9. The van der Waals surface area contributed by atoms with Gasteiger partial charge in [0.2, 0.25) is 0 Å². The second kappa shape index (κ2) is 5.85. The first-order chi connectivity index (χ1) is 8.65. The Kier molecular flexibility index (Phi) is 4.18. The fraction of sp³-hybridized carbons (Fsp3) is 0.214. The van der Waals surface area contributed by atoms with Crippen molar-refractivity contribution in [2.75, 3.05) is 0 Å². The summed E-state index contributed by atoms with van der Waals surface area (Å²) in [4.78, 5) is 4.12. The summed E-state index contributed by atoms with van der Waals surface area (Å²) in [6, 6.07) is 11.4. The van der Waals surface area contributed by atoms with E-state index in [0.717, 1.165) is 16.3 Å². The summed E-state index contributed by atoms with van der Waals surface area (Å²) in [7, 11) is 0. The van der Waals surface area contributed by atoms with E-state index in [1.807, 2.05) is 24.3 Å². The number of rotatable bonds is 4. The second-order valence-corrected chi connectivity index (χ2v) is 4.60. The van der Waals surface area contributed by atoms with Crippen LogP contribution in [0.15, 0.2) is 42.6 Å². The molecule has 0 aliphatic carbocycles. The Morgan fingerprint density at radius 1 is 1.33 bits per heavy atom. The van der Waals surface area contributed by atoms with Crippen molar-refractivity contribution in [1.29, 1.82) is 0 Å². The molecule has 1 unspecified atom stereocenters. The smallest absolute Gasteiger partial charge is 0.133 e. The largest absolute Gasteiger partial charge is 0.506 e. The maximum Gasteiger partial charge on any atom is 0.133 e. The van der Waals surface area contributed by atoms with Gasteiger partial charge >= 0.3 is 0 Å². The lowest BCUT2D eigenvalue weighted by Crippen LogP contribution is -2.18. The third-order valence-electron chi connectivity index (χ3n) is 2.75. The molecule has 0 radical (unpaired) electrons. The van der Waals surface area contributed by atoms with Gasteiger partial charge in [-0.05, 0) is 36.8 Å². The molecule has 18 heavy (non-hydrogen) atoms. The summed E-state index contributed by atoms with van der Waals surface area (Å²) < 4.78 is 0. The Morgan fingerprint density at radius 3 is 2.83 bits per heavy atom. The molecule has 0 bridgehead atoms. The average molecular weight is 263 g/mol. The van der Waals surface area contributed by atoms with Crippen LogP contribution < -0.4 is 5.32 Å². The van der Waals surface area contributed by atoms with Gasteiger partial charge in [-0.25, -0.2) is 0 Å². The molecule has 2 N–H and O–H groups in total. The quantitative estimate of drug-likeness (QED) is 0.889. The van der Waals surface area contributed by atoms with Crippen LogP contribution in [0.4, 0.5) is 0 Å². The zero-order chi connectivity index (χ0) is 13.0. The second-order valence-electron chi connectivity index (χ2n) is 4.17. The zero-order valence-electron chi connectivity index (χ0n) is 10.1. The molecule has 1 heterocycles. The van der Waals surface area contributed by atoms with Crippen LogP contribution in [0, 0.1) is 0 Å². The summed E-state index contributed by atoms with van der Waals surface area (Å²) in [5.41, 5.74) is 2.03. The van der Waals surface area contributed by atoms with E-state index in [9.17, 15) is 0 Å². The van der Waals surface area contributed by atoms with E-state index in [0.29, 0.717) is 6.54 Å². The van der Waals surface area contributed by atoms with Crippen LogP contribution in [0.5, 0.6) is 5.75 Å². The van der Waals surface area contributed by atoms with Gasteiger partial charge in [0.15, 0.2) is 0 Å². The van der Waals surface area contributed by atoms with Crippen LogP contribution in [-0.4, -0.2) is 10.1 Å². The highest BCUT2D eigenvalue weighted by molar-refractivity contribution is 6.30. The first-order valence-electron chi connectivity index (χ1n) is 5.78. The van der Waals surface area contributed by atoms with Gasteiger partial charge in [-0.3, -0.25) is 4.98 Å². The topological polar surface area (TPSA) is 45.1 Å². The number of nitrogens with one attached hydrogen (secondary N) is 1. The molecule has 0 fully saturated rings. The molecule has 0 spiro atoms. The van der Waals surface area contributed by atoms with E-state index in [1.165, 1.54) is 6.20 Å². The lowest BCUT2D eigenvalue weighted by Gasteiger charge is -2.14. The van der Waals surface area contributed by atoms with Crippen LogP contribution in [0.3, 0.4) is 0 Å². The van der Waals surface area contributed by atoms with Crippen molar-refractivity contribution in [3.05, 3.63) is 58.9 Å². The molecule has 0 aliphatic heterocycles. The van der Waals surface area contributed by atoms with Crippen LogP contribution in [0.1, 0.15) is 24.2 Å². The fourth-order valence-electron chi connectivity index (χ4n) is 1.67. The Balaban J connectivity index is 1.96. The van der Waals surface area contributed by atoms with Crippen molar-refractivity contribution >= 4 is 11.6 Å². The Hall–Kier alpha value is -1.58. The van der Waals surface area contributed by atoms with Crippen LogP contribution >= 0.6 is 11.6 Å². The standard InChI is InChI=1S/C14H15ClN2O/c1-10(11-3-2-4-12(15)7-11)16-8-13-5-6-14(18)9-17-13/h2-7,9-10,16,18H,8H2,1H3. The highest BCUT2D eigenvalue weighted by atomic mass is 35.5. The third-order valence-corrected chi connectivity index (χ3v) is 2.98. The highest BCUT2D eigenvalue weighted by Crippen LogP contribution is 2.17. The minimum absolute atomic E-state index is 0.182. The van der Waals surface area contributed by atoms with Gasteiger partial charge in [0.25, 0.3) is 0 Å². The number of aromatic hydroxyl groups is 1. The third kappa shape index (κ3) is 3.45. The number of nitrogens with zero attached hydrogens (tertiary/aromatic N) is 1. The first-order valence-corrected chi connectivity index (χ1v) is 6.15. The van der Waals surface area contributed by atoms with Crippen LogP contribution in [0.2, 0.25) is 5.02 Å². The minimum atomic E-state index is 0.182. The van der Waals surface area contributed by atoms with E-state index >= 15 is 0 Å². The highest BCUT2D eigenvalue weighted by Gasteiger charge is 2.05. The van der Waals surface area contributed by atoms with E-state index in [-0.39, 0.29) is 11.8 Å². The molecule has 4 heteroatoms. The van der Waals surface area contributed by atoms with Crippen molar-refractivity contribution in [3.8, 4) is 5.75 Å². The zero-order valence-corrected chi connectivity index (χ0v) is 10.9. The average Bonchev–Trinajstić information content (AvgIpc) is 2.38. The normalized spacial score (nSPS) is 12.3. The van der Waals surface area contributed by atoms with E-state index in [4.69, 9.17) is 16.7 Å². The van der Waals surface area contributed by atoms with Gasteiger partial charge in [0.1, 0.15) is 5.75 Å². The molecule has 1 aromatic carbocycles. The summed E-state index contributed by atoms with van der Waals surface area (Å²) in [5.74, 6) is 0.182. The van der Waals surface area contributed by atoms with Gasteiger partial charge in [-0.2, -0.15) is 0 Å². The lowest BCUT2D eigenvalue weighted by atomic mass is 10.1. The minimum Gasteiger partial charge on any atom is -0.506 e. The fourth-order valence-corrected chi connectivity index (χ4v) is 1.87. The molecule has 0 amide bonds. The lowest BCUT2D eigenvalue weighted by molar-refractivity contribution is 0.471. The predicted octanol–water partition coefficient (Wildman–Crippen LogP) is 3.29. The maximum atomic E-state index is 9.15.